The summed E-state index contributed by atoms with van der Waals surface area (Å²) in [4.78, 5) is 10.5. The van der Waals surface area contributed by atoms with Crippen LogP contribution in [0.3, 0.4) is 0 Å². The molecule has 0 fully saturated rings. The van der Waals surface area contributed by atoms with Crippen LogP contribution in [0, 0.1) is 10.1 Å². The second kappa shape index (κ2) is 2.67. The van der Waals surface area contributed by atoms with Gasteiger partial charge in [-0.15, -0.1) is 0 Å². The number of nitrogens with zero attached hydrogens (tertiary/aromatic N) is 1. The molecule has 72 valence electrons. The van der Waals surface area contributed by atoms with Gasteiger partial charge in [0.05, 0.1) is 10.5 Å². The van der Waals surface area contributed by atoms with Crippen LogP contribution < -0.4 is 0 Å². The van der Waals surface area contributed by atoms with E-state index in [0.29, 0.717) is 0 Å². The van der Waals surface area contributed by atoms with Gasteiger partial charge in [0.25, 0.3) is 5.70 Å². The third-order valence-electron chi connectivity index (χ3n) is 2.70. The van der Waals surface area contributed by atoms with Gasteiger partial charge in [-0.2, -0.15) is 0 Å². The zero-order chi connectivity index (χ0) is 10.4. The molecule has 0 saturated heterocycles. The summed E-state index contributed by atoms with van der Waals surface area (Å²) in [6, 6.07) is 11.4. The van der Waals surface area contributed by atoms with Gasteiger partial charge in [-0.3, -0.25) is 10.1 Å². The summed E-state index contributed by atoms with van der Waals surface area (Å²) in [5, 5.41) is 12.9. The van der Waals surface area contributed by atoms with Gasteiger partial charge in [-0.25, -0.2) is 0 Å². The van der Waals surface area contributed by atoms with E-state index < -0.39 is 0 Å². The van der Waals surface area contributed by atoms with Crippen LogP contribution in [-0.4, -0.2) is 4.92 Å². The third-order valence-corrected chi connectivity index (χ3v) is 2.70. The highest BCUT2D eigenvalue weighted by Crippen LogP contribution is 2.36. The van der Waals surface area contributed by atoms with E-state index in [1.165, 1.54) is 0 Å². The maximum atomic E-state index is 10.8. The standard InChI is InChI=1S/C12H7NO2/c14-13(15)11-7-9-5-1-3-8-4-2-6-10(11)12(8)9/h1-7H. The van der Waals surface area contributed by atoms with E-state index >= 15 is 0 Å². The Morgan fingerprint density at radius 1 is 1.07 bits per heavy atom. The van der Waals surface area contributed by atoms with Crippen molar-refractivity contribution in [1.29, 1.82) is 0 Å². The van der Waals surface area contributed by atoms with Crippen molar-refractivity contribution < 1.29 is 4.92 Å². The van der Waals surface area contributed by atoms with Crippen LogP contribution in [0.15, 0.2) is 36.4 Å². The first-order valence-electron chi connectivity index (χ1n) is 4.65. The quantitative estimate of drug-likeness (QED) is 0.521. The molecule has 0 amide bonds. The van der Waals surface area contributed by atoms with E-state index in [0.717, 1.165) is 21.9 Å². The van der Waals surface area contributed by atoms with Crippen molar-refractivity contribution in [2.24, 2.45) is 0 Å². The lowest BCUT2D eigenvalue weighted by Gasteiger charge is -1.99. The topological polar surface area (TPSA) is 43.1 Å². The second-order valence-electron chi connectivity index (χ2n) is 3.54. The Bertz CT molecular complexity index is 609. The molecule has 1 aliphatic carbocycles. The SMILES string of the molecule is O=[N+]([O-])C1=Cc2cccc3cccc1c23. The largest absolute Gasteiger partial charge is 0.277 e. The number of hydrogen-bond donors (Lipinski definition) is 0. The molecule has 0 bridgehead atoms. The van der Waals surface area contributed by atoms with Crippen molar-refractivity contribution in [1.82, 2.24) is 0 Å². The van der Waals surface area contributed by atoms with Crippen molar-refractivity contribution in [3.8, 4) is 0 Å². The fourth-order valence-corrected chi connectivity index (χ4v) is 2.08. The minimum Gasteiger partial charge on any atom is -0.258 e. The van der Waals surface area contributed by atoms with Crippen LogP contribution in [-0.2, 0) is 0 Å². The molecule has 0 heterocycles. The van der Waals surface area contributed by atoms with Gasteiger partial charge in [0.15, 0.2) is 0 Å². The van der Waals surface area contributed by atoms with Gasteiger partial charge in [0, 0.05) is 11.5 Å². The molecule has 3 rings (SSSR count). The van der Waals surface area contributed by atoms with Gasteiger partial charge in [-0.05, 0) is 17.0 Å². The first-order valence-corrected chi connectivity index (χ1v) is 4.65. The van der Waals surface area contributed by atoms with Crippen LogP contribution in [0.1, 0.15) is 11.1 Å². The van der Waals surface area contributed by atoms with Crippen LogP contribution in [0.4, 0.5) is 0 Å². The Morgan fingerprint density at radius 2 is 1.80 bits per heavy atom. The fourth-order valence-electron chi connectivity index (χ4n) is 2.08. The monoisotopic (exact) mass is 197 g/mol. The molecule has 0 atom stereocenters. The van der Waals surface area contributed by atoms with Crippen molar-refractivity contribution in [3.63, 3.8) is 0 Å². The summed E-state index contributed by atoms with van der Waals surface area (Å²) in [6.07, 6.45) is 1.64. The highest BCUT2D eigenvalue weighted by atomic mass is 16.6. The van der Waals surface area contributed by atoms with Crippen LogP contribution in [0.25, 0.3) is 22.5 Å². The van der Waals surface area contributed by atoms with E-state index in [1.807, 2.05) is 30.3 Å². The predicted octanol–water partition coefficient (Wildman–Crippen LogP) is 2.93. The van der Waals surface area contributed by atoms with E-state index in [-0.39, 0.29) is 10.6 Å². The van der Waals surface area contributed by atoms with Gasteiger partial charge in [0.1, 0.15) is 0 Å². The van der Waals surface area contributed by atoms with Gasteiger partial charge in [-0.1, -0.05) is 30.3 Å². The van der Waals surface area contributed by atoms with Crippen LogP contribution in [0.5, 0.6) is 0 Å². The minimum atomic E-state index is -0.325. The second-order valence-corrected chi connectivity index (χ2v) is 3.54. The van der Waals surface area contributed by atoms with E-state index in [4.69, 9.17) is 0 Å². The first kappa shape index (κ1) is 8.17. The maximum Gasteiger partial charge on any atom is 0.277 e. The molecule has 0 unspecified atom stereocenters. The molecule has 1 aliphatic rings. The fraction of sp³-hybridized carbons (Fsp3) is 0. The number of benzene rings is 2. The molecule has 15 heavy (non-hydrogen) atoms. The van der Waals surface area contributed by atoms with Crippen molar-refractivity contribution in [3.05, 3.63) is 57.6 Å². The Hall–Kier alpha value is -2.16. The van der Waals surface area contributed by atoms with Crippen molar-refractivity contribution in [2.75, 3.05) is 0 Å². The molecule has 3 nitrogen and oxygen atoms in total. The summed E-state index contributed by atoms with van der Waals surface area (Å²) >= 11 is 0. The van der Waals surface area contributed by atoms with E-state index in [9.17, 15) is 10.1 Å². The zero-order valence-corrected chi connectivity index (χ0v) is 7.81. The molecule has 0 spiro atoms. The highest BCUT2D eigenvalue weighted by molar-refractivity contribution is 6.07. The minimum absolute atomic E-state index is 0.196. The molecule has 0 N–H and O–H groups in total. The Morgan fingerprint density at radius 3 is 2.53 bits per heavy atom. The Kier molecular flexibility index (Phi) is 1.45. The summed E-state index contributed by atoms with van der Waals surface area (Å²) in [5.74, 6) is 0. The molecular weight excluding hydrogens is 190 g/mol. The van der Waals surface area contributed by atoms with Gasteiger partial charge >= 0.3 is 0 Å². The molecule has 0 aliphatic heterocycles. The molecule has 2 aromatic rings. The Labute approximate surface area is 85.8 Å². The van der Waals surface area contributed by atoms with Gasteiger partial charge in [0.2, 0.25) is 0 Å². The lowest BCUT2D eigenvalue weighted by atomic mass is 10.0. The molecule has 2 aromatic carbocycles. The maximum absolute atomic E-state index is 10.8. The van der Waals surface area contributed by atoms with Crippen LogP contribution in [0.2, 0.25) is 0 Å². The summed E-state index contributed by atoms with van der Waals surface area (Å²) in [6.45, 7) is 0. The molecular formula is C12H7NO2. The number of rotatable bonds is 1. The number of hydrogen-bond acceptors (Lipinski definition) is 2. The van der Waals surface area contributed by atoms with E-state index in [1.54, 1.807) is 12.1 Å². The summed E-state index contributed by atoms with van der Waals surface area (Å²) in [7, 11) is 0. The number of nitro groups is 1. The lowest BCUT2D eigenvalue weighted by Crippen LogP contribution is -1.94. The molecule has 0 saturated carbocycles. The van der Waals surface area contributed by atoms with E-state index in [2.05, 4.69) is 0 Å². The molecule has 0 aromatic heterocycles. The Balaban J connectivity index is 2.45. The molecule has 3 heteroatoms. The summed E-state index contributed by atoms with van der Waals surface area (Å²) < 4.78 is 0. The highest BCUT2D eigenvalue weighted by Gasteiger charge is 2.24. The smallest absolute Gasteiger partial charge is 0.258 e. The average Bonchev–Trinajstić information content (AvgIpc) is 2.61. The summed E-state index contributed by atoms with van der Waals surface area (Å²) in [5.41, 5.74) is 1.87. The van der Waals surface area contributed by atoms with Crippen molar-refractivity contribution >= 4 is 22.5 Å². The van der Waals surface area contributed by atoms with Gasteiger partial charge < -0.3 is 0 Å². The lowest BCUT2D eigenvalue weighted by molar-refractivity contribution is -0.374. The normalized spacial score (nSPS) is 12.9. The van der Waals surface area contributed by atoms with Crippen molar-refractivity contribution in [2.45, 2.75) is 0 Å². The van der Waals surface area contributed by atoms with Crippen LogP contribution >= 0.6 is 0 Å². The predicted molar refractivity (Wildman–Crippen MR) is 58.8 cm³/mol. The average molecular weight is 197 g/mol. The third kappa shape index (κ3) is 1.00. The zero-order valence-electron chi connectivity index (χ0n) is 7.81. The first-order chi connectivity index (χ1) is 7.27. The molecule has 0 radical (unpaired) electrons.